The number of aliphatic hydroxyl groups excluding tert-OH is 1. The summed E-state index contributed by atoms with van der Waals surface area (Å²) in [6, 6.07) is 14.6. The molecule has 0 fully saturated rings. The zero-order chi connectivity index (χ0) is 26.7. The molecule has 10 nitrogen and oxygen atoms in total. The topological polar surface area (TPSA) is 122 Å². The lowest BCUT2D eigenvalue weighted by Gasteiger charge is -2.16. The predicted octanol–water partition coefficient (Wildman–Crippen LogP) is 3.68. The van der Waals surface area contributed by atoms with E-state index in [-0.39, 0.29) is 16.7 Å². The van der Waals surface area contributed by atoms with Crippen molar-refractivity contribution in [2.75, 3.05) is 25.4 Å². The van der Waals surface area contributed by atoms with Gasteiger partial charge in [-0.3, -0.25) is 4.68 Å². The van der Waals surface area contributed by atoms with E-state index in [1.165, 1.54) is 17.1 Å². The van der Waals surface area contributed by atoms with Gasteiger partial charge in [-0.05, 0) is 56.8 Å². The van der Waals surface area contributed by atoms with Crippen molar-refractivity contribution in [3.63, 3.8) is 0 Å². The number of aryl methyl sites for hydroxylation is 3. The Morgan fingerprint density at radius 3 is 2.35 bits per heavy atom. The van der Waals surface area contributed by atoms with E-state index in [1.54, 1.807) is 37.4 Å². The van der Waals surface area contributed by atoms with Crippen molar-refractivity contribution < 1.29 is 18.3 Å². The molecule has 37 heavy (non-hydrogen) atoms. The minimum absolute atomic E-state index is 0.00888. The first-order valence-corrected chi connectivity index (χ1v) is 13.1. The molecule has 0 saturated carbocycles. The maximum absolute atomic E-state index is 12.9. The highest BCUT2D eigenvalue weighted by molar-refractivity contribution is 7.92. The highest BCUT2D eigenvalue weighted by atomic mass is 32.2. The fourth-order valence-electron chi connectivity index (χ4n) is 3.92. The standard InChI is InChI=1S/C26H30N6O4S/c1-17-7-6-8-18(2)25(17)22-13-24(36-20-11-9-19(10-12-20)23(33)16-31(3)4)29-26(28-22)30-37(34,35)21-14-27-32(5)15-21/h6-15,23,33H,16H2,1-5H3,(H,28,29,30). The number of ether oxygens (including phenoxy) is 1. The molecule has 0 spiro atoms. The first-order chi connectivity index (χ1) is 17.5. The molecule has 194 valence electrons. The van der Waals surface area contributed by atoms with Crippen LogP contribution in [0.25, 0.3) is 11.3 Å². The summed E-state index contributed by atoms with van der Waals surface area (Å²) in [6.45, 7) is 4.41. The van der Waals surface area contributed by atoms with Gasteiger partial charge in [0.25, 0.3) is 10.0 Å². The van der Waals surface area contributed by atoms with Gasteiger partial charge in [-0.1, -0.05) is 30.3 Å². The van der Waals surface area contributed by atoms with Gasteiger partial charge in [0.1, 0.15) is 10.6 Å². The van der Waals surface area contributed by atoms with Crippen LogP contribution in [0.3, 0.4) is 0 Å². The van der Waals surface area contributed by atoms with Gasteiger partial charge in [0.2, 0.25) is 11.8 Å². The predicted molar refractivity (Wildman–Crippen MR) is 141 cm³/mol. The number of aliphatic hydroxyl groups is 1. The van der Waals surface area contributed by atoms with E-state index in [0.29, 0.717) is 18.0 Å². The largest absolute Gasteiger partial charge is 0.439 e. The molecule has 0 bridgehead atoms. The Bertz CT molecular complexity index is 1480. The molecule has 0 amide bonds. The van der Waals surface area contributed by atoms with Gasteiger partial charge >= 0.3 is 0 Å². The lowest BCUT2D eigenvalue weighted by atomic mass is 10.00. The van der Waals surface area contributed by atoms with E-state index in [2.05, 4.69) is 19.8 Å². The zero-order valence-electron chi connectivity index (χ0n) is 21.4. The maximum Gasteiger partial charge on any atom is 0.267 e. The van der Waals surface area contributed by atoms with Crippen molar-refractivity contribution >= 4 is 16.0 Å². The van der Waals surface area contributed by atoms with E-state index in [4.69, 9.17) is 4.74 Å². The smallest absolute Gasteiger partial charge is 0.267 e. The second kappa shape index (κ2) is 10.7. The number of rotatable bonds is 9. The third-order valence-corrected chi connectivity index (χ3v) is 6.97. The summed E-state index contributed by atoms with van der Waals surface area (Å²) in [4.78, 5) is 10.7. The molecule has 0 aliphatic rings. The van der Waals surface area contributed by atoms with Crippen molar-refractivity contribution in [3.8, 4) is 22.9 Å². The average molecular weight is 523 g/mol. The summed E-state index contributed by atoms with van der Waals surface area (Å²) in [6.07, 6.45) is 2.01. The third-order valence-electron chi connectivity index (χ3n) is 5.68. The van der Waals surface area contributed by atoms with Crippen LogP contribution < -0.4 is 9.46 Å². The van der Waals surface area contributed by atoms with Crippen LogP contribution in [-0.4, -0.2) is 58.8 Å². The van der Waals surface area contributed by atoms with Crippen molar-refractivity contribution in [3.05, 3.63) is 77.6 Å². The van der Waals surface area contributed by atoms with Crippen molar-refractivity contribution in [1.29, 1.82) is 0 Å². The lowest BCUT2D eigenvalue weighted by molar-refractivity contribution is 0.138. The Balaban J connectivity index is 1.70. The number of hydrogen-bond donors (Lipinski definition) is 2. The molecule has 4 rings (SSSR count). The molecule has 2 aromatic heterocycles. The Labute approximate surface area is 216 Å². The van der Waals surface area contributed by atoms with E-state index in [9.17, 15) is 13.5 Å². The second-order valence-corrected chi connectivity index (χ2v) is 10.8. The van der Waals surface area contributed by atoms with Crippen LogP contribution in [0.2, 0.25) is 0 Å². The Kier molecular flexibility index (Phi) is 7.58. The zero-order valence-corrected chi connectivity index (χ0v) is 22.2. The van der Waals surface area contributed by atoms with Gasteiger partial charge in [0, 0.05) is 31.4 Å². The first kappa shape index (κ1) is 26.3. The number of anilines is 1. The molecule has 1 atom stereocenters. The van der Waals surface area contributed by atoms with E-state index in [0.717, 1.165) is 22.3 Å². The van der Waals surface area contributed by atoms with E-state index >= 15 is 0 Å². The third kappa shape index (κ3) is 6.31. The minimum Gasteiger partial charge on any atom is -0.439 e. The van der Waals surface area contributed by atoms with Gasteiger partial charge < -0.3 is 14.7 Å². The number of hydrogen-bond acceptors (Lipinski definition) is 8. The van der Waals surface area contributed by atoms with Crippen molar-refractivity contribution in [2.24, 2.45) is 7.05 Å². The van der Waals surface area contributed by atoms with Crippen LogP contribution in [0.4, 0.5) is 5.95 Å². The summed E-state index contributed by atoms with van der Waals surface area (Å²) in [5.41, 5.74) is 4.08. The highest BCUT2D eigenvalue weighted by Gasteiger charge is 2.20. The fraction of sp³-hybridized carbons (Fsp3) is 0.269. The minimum atomic E-state index is -3.97. The van der Waals surface area contributed by atoms with E-state index in [1.807, 2.05) is 51.0 Å². The van der Waals surface area contributed by atoms with Crippen LogP contribution in [-0.2, 0) is 17.1 Å². The normalized spacial score (nSPS) is 12.5. The SMILES string of the molecule is Cc1cccc(C)c1-c1cc(Oc2ccc(C(O)CN(C)C)cc2)nc(NS(=O)(=O)c2cnn(C)c2)n1. The molecule has 0 aliphatic heterocycles. The molecular weight excluding hydrogens is 492 g/mol. The van der Waals surface area contributed by atoms with Gasteiger partial charge in [0.15, 0.2) is 0 Å². The van der Waals surface area contributed by atoms with Crippen molar-refractivity contribution in [2.45, 2.75) is 24.8 Å². The number of aromatic nitrogens is 4. The molecule has 1 unspecified atom stereocenters. The summed E-state index contributed by atoms with van der Waals surface area (Å²) in [7, 11) is 1.45. The molecule has 11 heteroatoms. The van der Waals surface area contributed by atoms with Gasteiger partial charge in [-0.2, -0.15) is 10.1 Å². The molecule has 2 heterocycles. The molecular formula is C26H30N6O4S. The average Bonchev–Trinajstić information content (AvgIpc) is 3.26. The van der Waals surface area contributed by atoms with Gasteiger partial charge in [0.05, 0.1) is 18.0 Å². The summed E-state index contributed by atoms with van der Waals surface area (Å²) in [5.74, 6) is 0.517. The molecule has 0 aliphatic carbocycles. The van der Waals surface area contributed by atoms with Gasteiger partial charge in [-0.25, -0.2) is 18.1 Å². The number of likely N-dealkylation sites (N-methyl/N-ethyl adjacent to an activating group) is 1. The maximum atomic E-state index is 12.9. The van der Waals surface area contributed by atoms with Crippen LogP contribution in [0.1, 0.15) is 22.8 Å². The Hall–Kier alpha value is -3.80. The molecule has 4 aromatic rings. The number of sulfonamides is 1. The molecule has 0 saturated heterocycles. The van der Waals surface area contributed by atoms with Crippen LogP contribution in [0, 0.1) is 13.8 Å². The Morgan fingerprint density at radius 2 is 1.76 bits per heavy atom. The molecule has 0 radical (unpaired) electrons. The van der Waals surface area contributed by atoms with Gasteiger partial charge in [-0.15, -0.1) is 0 Å². The Morgan fingerprint density at radius 1 is 1.08 bits per heavy atom. The summed E-state index contributed by atoms with van der Waals surface area (Å²) < 4.78 is 35.7. The second-order valence-electron chi connectivity index (χ2n) is 9.09. The summed E-state index contributed by atoms with van der Waals surface area (Å²) >= 11 is 0. The van der Waals surface area contributed by atoms with E-state index < -0.39 is 16.1 Å². The lowest BCUT2D eigenvalue weighted by Crippen LogP contribution is -2.19. The fourth-order valence-corrected chi connectivity index (χ4v) is 4.84. The quantitative estimate of drug-likeness (QED) is 0.341. The molecule has 2 aromatic carbocycles. The van der Waals surface area contributed by atoms with Crippen molar-refractivity contribution in [1.82, 2.24) is 24.6 Å². The first-order valence-electron chi connectivity index (χ1n) is 11.6. The monoisotopic (exact) mass is 522 g/mol. The number of nitrogens with one attached hydrogen (secondary N) is 1. The van der Waals surface area contributed by atoms with Crippen LogP contribution >= 0.6 is 0 Å². The summed E-state index contributed by atoms with van der Waals surface area (Å²) in [5, 5.41) is 14.3. The number of benzene rings is 2. The molecule has 2 N–H and O–H groups in total. The van der Waals surface area contributed by atoms with Crippen LogP contribution in [0.15, 0.2) is 65.8 Å². The number of nitrogens with zero attached hydrogens (tertiary/aromatic N) is 5. The highest BCUT2D eigenvalue weighted by Crippen LogP contribution is 2.31. The van der Waals surface area contributed by atoms with Crippen LogP contribution in [0.5, 0.6) is 11.6 Å².